The maximum Gasteiger partial charge on any atom is 0.136 e. The quantitative estimate of drug-likeness (QED) is 0.813. The van der Waals surface area contributed by atoms with E-state index in [4.69, 9.17) is 14.8 Å². The molecule has 4 heteroatoms. The third-order valence-electron chi connectivity index (χ3n) is 2.04. The number of hydroxylamine groups is 1. The van der Waals surface area contributed by atoms with E-state index >= 15 is 0 Å². The highest BCUT2D eigenvalue weighted by atomic mass is 16.7. The summed E-state index contributed by atoms with van der Waals surface area (Å²) in [5.41, 5.74) is 4.21. The molecule has 0 spiro atoms. The van der Waals surface area contributed by atoms with Crippen LogP contribution in [0.5, 0.6) is 5.75 Å². The molecule has 0 heterocycles. The largest absolute Gasteiger partial charge is 0.495 e. The van der Waals surface area contributed by atoms with Crippen LogP contribution in [0.4, 0.5) is 0 Å². The summed E-state index contributed by atoms with van der Waals surface area (Å²) in [5.74, 6) is 0.586. The van der Waals surface area contributed by atoms with Crippen molar-refractivity contribution in [3.8, 4) is 11.8 Å². The fourth-order valence-corrected chi connectivity index (χ4v) is 1.27. The number of benzene rings is 1. The molecular weight excluding hydrogens is 216 g/mol. The lowest BCUT2D eigenvalue weighted by Gasteiger charge is -2.19. The normalized spacial score (nSPS) is 11.0. The van der Waals surface area contributed by atoms with Gasteiger partial charge in [-0.25, -0.2) is 0 Å². The van der Waals surface area contributed by atoms with Crippen molar-refractivity contribution in [2.75, 3.05) is 7.11 Å². The van der Waals surface area contributed by atoms with Crippen LogP contribution in [-0.4, -0.2) is 12.7 Å². The minimum atomic E-state index is -0.226. The average molecular weight is 234 g/mol. The molecule has 92 valence electrons. The Labute approximate surface area is 102 Å². The van der Waals surface area contributed by atoms with E-state index in [9.17, 15) is 0 Å². The summed E-state index contributed by atoms with van der Waals surface area (Å²) in [7, 11) is 1.55. The number of ether oxygens (including phenoxy) is 1. The maximum absolute atomic E-state index is 8.85. The molecule has 0 fully saturated rings. The zero-order valence-corrected chi connectivity index (χ0v) is 10.7. The van der Waals surface area contributed by atoms with E-state index in [1.807, 2.05) is 32.9 Å². The van der Waals surface area contributed by atoms with Crippen molar-refractivity contribution in [2.24, 2.45) is 0 Å². The third-order valence-corrected chi connectivity index (χ3v) is 2.04. The van der Waals surface area contributed by atoms with Gasteiger partial charge in [0, 0.05) is 6.54 Å². The summed E-state index contributed by atoms with van der Waals surface area (Å²) in [6.45, 7) is 6.48. The monoisotopic (exact) mass is 234 g/mol. The first-order chi connectivity index (χ1) is 7.96. The number of methoxy groups -OCH3 is 1. The van der Waals surface area contributed by atoms with Crippen molar-refractivity contribution in [3.63, 3.8) is 0 Å². The Hall–Kier alpha value is -1.57. The SMILES string of the molecule is COc1cc(CNOC(C)(C)C)ccc1C#N. The van der Waals surface area contributed by atoms with Gasteiger partial charge in [0.05, 0.1) is 18.3 Å². The highest BCUT2D eigenvalue weighted by Crippen LogP contribution is 2.19. The van der Waals surface area contributed by atoms with Crippen molar-refractivity contribution >= 4 is 0 Å². The van der Waals surface area contributed by atoms with Gasteiger partial charge in [-0.15, -0.1) is 0 Å². The Morgan fingerprint density at radius 2 is 2.06 bits per heavy atom. The first-order valence-electron chi connectivity index (χ1n) is 5.44. The number of nitriles is 1. The van der Waals surface area contributed by atoms with Gasteiger partial charge in [-0.1, -0.05) is 6.07 Å². The first-order valence-corrected chi connectivity index (χ1v) is 5.44. The standard InChI is InChI=1S/C13H18N2O2/c1-13(2,3)17-15-9-10-5-6-11(8-14)12(7-10)16-4/h5-7,15H,9H2,1-4H3. The fourth-order valence-electron chi connectivity index (χ4n) is 1.27. The molecule has 0 amide bonds. The molecule has 0 unspecified atom stereocenters. The summed E-state index contributed by atoms with van der Waals surface area (Å²) in [6.07, 6.45) is 0. The van der Waals surface area contributed by atoms with Gasteiger partial charge in [-0.3, -0.25) is 4.84 Å². The molecule has 17 heavy (non-hydrogen) atoms. The smallest absolute Gasteiger partial charge is 0.136 e. The van der Waals surface area contributed by atoms with Gasteiger partial charge in [0.1, 0.15) is 11.8 Å². The van der Waals surface area contributed by atoms with Gasteiger partial charge in [-0.2, -0.15) is 10.7 Å². The number of nitrogens with zero attached hydrogens (tertiary/aromatic N) is 1. The van der Waals surface area contributed by atoms with Crippen molar-refractivity contribution < 1.29 is 9.57 Å². The number of hydrogen-bond acceptors (Lipinski definition) is 4. The van der Waals surface area contributed by atoms with Gasteiger partial charge in [0.25, 0.3) is 0 Å². The predicted molar refractivity (Wildman–Crippen MR) is 65.4 cm³/mol. The zero-order chi connectivity index (χ0) is 12.9. The van der Waals surface area contributed by atoms with Crippen LogP contribution < -0.4 is 10.2 Å². The molecule has 0 aromatic heterocycles. The van der Waals surface area contributed by atoms with Crippen molar-refractivity contribution in [2.45, 2.75) is 32.9 Å². The lowest BCUT2D eigenvalue weighted by Crippen LogP contribution is -2.28. The molecule has 1 N–H and O–H groups in total. The summed E-state index contributed by atoms with van der Waals surface area (Å²) in [5, 5.41) is 8.85. The molecule has 4 nitrogen and oxygen atoms in total. The Balaban J connectivity index is 2.64. The van der Waals surface area contributed by atoms with Crippen LogP contribution in [0.15, 0.2) is 18.2 Å². The summed E-state index contributed by atoms with van der Waals surface area (Å²) < 4.78 is 5.13. The minimum Gasteiger partial charge on any atom is -0.495 e. The van der Waals surface area contributed by atoms with Crippen LogP contribution in [0.1, 0.15) is 31.9 Å². The summed E-state index contributed by atoms with van der Waals surface area (Å²) >= 11 is 0. The van der Waals surface area contributed by atoms with Crippen molar-refractivity contribution in [1.82, 2.24) is 5.48 Å². The third kappa shape index (κ3) is 4.43. The van der Waals surface area contributed by atoms with Gasteiger partial charge < -0.3 is 4.74 Å². The van der Waals surface area contributed by atoms with Crippen molar-refractivity contribution in [3.05, 3.63) is 29.3 Å². The zero-order valence-electron chi connectivity index (χ0n) is 10.7. The molecule has 0 aliphatic rings. The lowest BCUT2D eigenvalue weighted by atomic mass is 10.1. The molecule has 1 aromatic rings. The van der Waals surface area contributed by atoms with Gasteiger partial charge >= 0.3 is 0 Å². The molecule has 0 radical (unpaired) electrons. The van der Waals surface area contributed by atoms with E-state index in [0.717, 1.165) is 5.56 Å². The van der Waals surface area contributed by atoms with Crippen LogP contribution in [0.3, 0.4) is 0 Å². The average Bonchev–Trinajstić information content (AvgIpc) is 2.27. The molecule has 0 saturated heterocycles. The molecule has 0 atom stereocenters. The van der Waals surface area contributed by atoms with Crippen LogP contribution >= 0.6 is 0 Å². The van der Waals surface area contributed by atoms with Gasteiger partial charge in [0.15, 0.2) is 0 Å². The Morgan fingerprint density at radius 3 is 2.59 bits per heavy atom. The van der Waals surface area contributed by atoms with Gasteiger partial charge in [-0.05, 0) is 38.5 Å². The molecule has 0 aliphatic carbocycles. The Morgan fingerprint density at radius 1 is 1.35 bits per heavy atom. The van der Waals surface area contributed by atoms with E-state index in [0.29, 0.717) is 17.9 Å². The number of nitrogens with one attached hydrogen (secondary N) is 1. The van der Waals surface area contributed by atoms with E-state index < -0.39 is 0 Å². The van der Waals surface area contributed by atoms with Crippen molar-refractivity contribution in [1.29, 1.82) is 5.26 Å². The Kier molecular flexibility index (Phi) is 4.50. The molecule has 0 bridgehead atoms. The molecule has 1 aromatic carbocycles. The molecule has 0 saturated carbocycles. The van der Waals surface area contributed by atoms with Crippen LogP contribution in [0.25, 0.3) is 0 Å². The van der Waals surface area contributed by atoms with Crippen LogP contribution in [-0.2, 0) is 11.4 Å². The second kappa shape index (κ2) is 5.67. The van der Waals surface area contributed by atoms with E-state index in [2.05, 4.69) is 11.5 Å². The lowest BCUT2D eigenvalue weighted by molar-refractivity contribution is -0.0757. The van der Waals surface area contributed by atoms with E-state index in [1.54, 1.807) is 13.2 Å². The second-order valence-corrected chi connectivity index (χ2v) is 4.68. The molecule has 1 rings (SSSR count). The summed E-state index contributed by atoms with van der Waals surface area (Å²) in [4.78, 5) is 5.41. The predicted octanol–water partition coefficient (Wildman–Crippen LogP) is 2.39. The number of rotatable bonds is 4. The Bertz CT molecular complexity index is 416. The van der Waals surface area contributed by atoms with Gasteiger partial charge in [0.2, 0.25) is 0 Å². The first kappa shape index (κ1) is 13.5. The summed E-state index contributed by atoms with van der Waals surface area (Å²) in [6, 6.07) is 7.53. The number of hydrogen-bond donors (Lipinski definition) is 1. The highest BCUT2D eigenvalue weighted by molar-refractivity contribution is 5.45. The molecule has 0 aliphatic heterocycles. The second-order valence-electron chi connectivity index (χ2n) is 4.68. The van der Waals surface area contributed by atoms with Crippen LogP contribution in [0, 0.1) is 11.3 Å². The fraction of sp³-hybridized carbons (Fsp3) is 0.462. The highest BCUT2D eigenvalue weighted by Gasteiger charge is 2.10. The van der Waals surface area contributed by atoms with E-state index in [-0.39, 0.29) is 5.60 Å². The minimum absolute atomic E-state index is 0.226. The maximum atomic E-state index is 8.85. The molecular formula is C13H18N2O2. The van der Waals surface area contributed by atoms with Crippen LogP contribution in [0.2, 0.25) is 0 Å². The topological polar surface area (TPSA) is 54.3 Å². The van der Waals surface area contributed by atoms with E-state index in [1.165, 1.54) is 0 Å².